The van der Waals surface area contributed by atoms with Crippen LogP contribution in [-0.4, -0.2) is 81.7 Å². The smallest absolute Gasteiger partial charge is 0.321 e. The molecule has 1 aromatic rings. The zero-order valence-corrected chi connectivity index (χ0v) is 24.5. The van der Waals surface area contributed by atoms with Gasteiger partial charge in [0, 0.05) is 19.5 Å². The number of aromatic amines is 1. The number of hydrogen-bond donors (Lipinski definition) is 5. The van der Waals surface area contributed by atoms with Gasteiger partial charge in [0.25, 0.3) is 5.56 Å². The summed E-state index contributed by atoms with van der Waals surface area (Å²) in [6, 6.07) is -2.90. The van der Waals surface area contributed by atoms with Gasteiger partial charge in [-0.1, -0.05) is 0 Å². The molecule has 3 rings (SSSR count). The summed E-state index contributed by atoms with van der Waals surface area (Å²) in [6.45, 7) is 3.16. The van der Waals surface area contributed by atoms with Gasteiger partial charge in [-0.15, -0.1) is 0 Å². The van der Waals surface area contributed by atoms with E-state index in [1.807, 2.05) is 18.8 Å². The Morgan fingerprint density at radius 3 is 1.88 bits per heavy atom. The summed E-state index contributed by atoms with van der Waals surface area (Å²) in [4.78, 5) is 34.6. The summed E-state index contributed by atoms with van der Waals surface area (Å²) < 4.78 is 117. The Bertz CT molecular complexity index is 1790. The van der Waals surface area contributed by atoms with Crippen molar-refractivity contribution in [2.24, 2.45) is 0 Å². The Labute approximate surface area is 237 Å². The third-order valence-electron chi connectivity index (χ3n) is 5.83. The topological polar surface area (TPSA) is 231 Å². The first-order valence-electron chi connectivity index (χ1n) is 11.8. The maximum absolute atomic E-state index is 13.1. The van der Waals surface area contributed by atoms with Crippen LogP contribution in [0.2, 0.25) is 0 Å². The van der Waals surface area contributed by atoms with Crippen LogP contribution in [0.4, 0.5) is 13.2 Å². The maximum Gasteiger partial charge on any atom is 0.349 e. The van der Waals surface area contributed by atoms with E-state index in [1.54, 1.807) is 12.1 Å². The van der Waals surface area contributed by atoms with Crippen LogP contribution in [0.3, 0.4) is 0 Å². The molecule has 234 valence electrons. The number of halogens is 3. The Kier molecular flexibility index (Phi) is 10.1. The molecule has 22 heteroatoms. The fourth-order valence-electron chi connectivity index (χ4n) is 3.96. The molecule has 2 aliphatic rings. The van der Waals surface area contributed by atoms with Crippen molar-refractivity contribution >= 4 is 41.1 Å². The second-order valence-corrected chi connectivity index (χ2v) is 14.1. The second-order valence-electron chi connectivity index (χ2n) is 9.12. The maximum atomic E-state index is 13.1. The molecular weight excluding hydrogens is 633 g/mol. The van der Waals surface area contributed by atoms with Gasteiger partial charge in [-0.3, -0.25) is 9.78 Å². The van der Waals surface area contributed by atoms with E-state index in [2.05, 4.69) is 15.3 Å². The minimum Gasteiger partial charge on any atom is -0.321 e. The van der Waals surface area contributed by atoms with Crippen LogP contribution in [0, 0.1) is 13.8 Å². The Hall–Kier alpha value is -3.02. The van der Waals surface area contributed by atoms with Crippen LogP contribution < -0.4 is 30.7 Å². The molecule has 16 nitrogen and oxygen atoms in total. The summed E-state index contributed by atoms with van der Waals surface area (Å²) in [5.74, 6) is -3.06. The molecule has 0 saturated carbocycles. The molecule has 0 fully saturated rings. The van der Waals surface area contributed by atoms with Crippen molar-refractivity contribution in [3.8, 4) is 11.5 Å². The first-order valence-corrected chi connectivity index (χ1v) is 16.8. The van der Waals surface area contributed by atoms with Crippen LogP contribution in [0.15, 0.2) is 21.7 Å². The van der Waals surface area contributed by atoms with E-state index in [0.29, 0.717) is 11.0 Å². The summed E-state index contributed by atoms with van der Waals surface area (Å²) in [5, 5.41) is 2.77. The van der Waals surface area contributed by atoms with Crippen LogP contribution in [-0.2, 0) is 36.6 Å². The number of aromatic nitrogens is 4. The van der Waals surface area contributed by atoms with E-state index >= 15 is 0 Å². The average molecular weight is 661 g/mol. The fourth-order valence-corrected chi connectivity index (χ4v) is 6.52. The number of benzene rings is 1. The van der Waals surface area contributed by atoms with Gasteiger partial charge in [-0.05, 0) is 43.7 Å². The zero-order valence-electron chi connectivity index (χ0n) is 22.1. The van der Waals surface area contributed by atoms with Gasteiger partial charge in [0.15, 0.2) is 17.3 Å². The van der Waals surface area contributed by atoms with E-state index in [0.717, 1.165) is 11.1 Å². The highest BCUT2D eigenvalue weighted by Gasteiger charge is 2.41. The molecule has 0 aliphatic carbocycles. The Balaban J connectivity index is 1.94. The van der Waals surface area contributed by atoms with Gasteiger partial charge in [0.2, 0.25) is 48.1 Å². The number of alkyl halides is 3. The summed E-state index contributed by atoms with van der Waals surface area (Å²) in [6.07, 6.45) is -0.853. The van der Waals surface area contributed by atoms with Crippen LogP contribution in [0.25, 0.3) is 22.6 Å². The largest absolute Gasteiger partial charge is 0.349 e. The number of rotatable bonds is 15. The minimum absolute atomic E-state index is 0.0104. The number of H-pyrrole nitrogens is 1. The van der Waals surface area contributed by atoms with Crippen LogP contribution in [0.5, 0.6) is 0 Å². The molecule has 0 atom stereocenters. The number of sulfonamides is 3. The van der Waals surface area contributed by atoms with Crippen LogP contribution >= 0.6 is 0 Å². The number of aryl methyl sites for hydroxylation is 2. The van der Waals surface area contributed by atoms with E-state index in [9.17, 15) is 48.0 Å². The molecule has 1 aromatic carbocycles. The summed E-state index contributed by atoms with van der Waals surface area (Å²) in [7, 11) is -15.0. The molecule has 2 aliphatic heterocycles. The highest BCUT2D eigenvalue weighted by molar-refractivity contribution is 7.91. The second kappa shape index (κ2) is 12.7. The first-order chi connectivity index (χ1) is 19.5. The van der Waals surface area contributed by atoms with Crippen LogP contribution in [0.1, 0.15) is 17.5 Å². The molecule has 2 heterocycles. The van der Waals surface area contributed by atoms with Crippen molar-refractivity contribution in [2.75, 3.05) is 31.1 Å². The predicted molar refractivity (Wildman–Crippen MR) is 145 cm³/mol. The molecular formula is C20H27F3N8O8S3. The van der Waals surface area contributed by atoms with Crippen molar-refractivity contribution in [2.45, 2.75) is 32.6 Å². The molecule has 5 N–H and O–H groups in total. The lowest BCUT2D eigenvalue weighted by molar-refractivity contribution is 0.294. The van der Waals surface area contributed by atoms with Gasteiger partial charge < -0.3 is 9.88 Å². The molecule has 0 spiro atoms. The normalized spacial score (nSPS) is 13.3. The monoisotopic (exact) mass is 660 g/mol. The highest BCUT2D eigenvalue weighted by atomic mass is 32.2. The van der Waals surface area contributed by atoms with Gasteiger partial charge in [-0.2, -0.15) is 19.2 Å². The molecule has 0 radical (unpaired) electrons. The lowest BCUT2D eigenvalue weighted by Gasteiger charge is -2.34. The Morgan fingerprint density at radius 1 is 0.833 bits per heavy atom. The van der Waals surface area contributed by atoms with E-state index in [-0.39, 0.29) is 24.6 Å². The molecule has 0 aromatic heterocycles. The first kappa shape index (κ1) is 33.5. The average Bonchev–Trinajstić information content (AvgIpc) is 2.88. The van der Waals surface area contributed by atoms with Crippen molar-refractivity contribution in [1.82, 2.24) is 39.0 Å². The molecule has 0 amide bonds. The SMILES string of the molecule is Cc1cc2nc3c(=O)[nH]c(=O)nc-3n(CCNCCC(NS(=O)(=O)CF)(NS(=O)(=O)CF)NS(=O)(=O)CF)c2cc1C. The van der Waals surface area contributed by atoms with Gasteiger partial charge in [-0.25, -0.2) is 48.2 Å². The van der Waals surface area contributed by atoms with Gasteiger partial charge >= 0.3 is 5.69 Å². The molecule has 0 bridgehead atoms. The Morgan fingerprint density at radius 2 is 1.36 bits per heavy atom. The quantitative estimate of drug-likeness (QED) is 0.0706. The number of nitrogens with zero attached hydrogens (tertiary/aromatic N) is 3. The van der Waals surface area contributed by atoms with Gasteiger partial charge in [0.1, 0.15) is 0 Å². The molecule has 0 saturated heterocycles. The van der Waals surface area contributed by atoms with E-state index in [4.69, 9.17) is 0 Å². The van der Waals surface area contributed by atoms with Gasteiger partial charge in [0.05, 0.1) is 11.0 Å². The fraction of sp³-hybridized carbons (Fsp3) is 0.500. The third-order valence-corrected chi connectivity index (χ3v) is 8.67. The molecule has 42 heavy (non-hydrogen) atoms. The van der Waals surface area contributed by atoms with Crippen molar-refractivity contribution in [1.29, 1.82) is 0 Å². The lowest BCUT2D eigenvalue weighted by Crippen LogP contribution is -2.71. The zero-order chi connectivity index (χ0) is 31.5. The van der Waals surface area contributed by atoms with Crippen molar-refractivity contribution in [3.63, 3.8) is 0 Å². The van der Waals surface area contributed by atoms with Crippen molar-refractivity contribution in [3.05, 3.63) is 44.1 Å². The summed E-state index contributed by atoms with van der Waals surface area (Å²) >= 11 is 0. The number of fused-ring (bicyclic) bond motifs is 2. The van der Waals surface area contributed by atoms with E-state index in [1.165, 1.54) is 18.7 Å². The lowest BCUT2D eigenvalue weighted by atomic mass is 10.1. The summed E-state index contributed by atoms with van der Waals surface area (Å²) in [5.41, 5.74) is 0.761. The standard InChI is InChI=1S/C20H27F3N8O8S3/c1-12-7-14-15(8-13(12)2)31(17-16(25-14)18(32)27-19(33)26-17)6-5-24-4-3-20(28-40(34,35)9-21,29-41(36,37)10-22)30-42(38,39)11-23/h7-8,24,28-30H,3-6,9-11H2,1-2H3,(H,27,32,33). The molecule has 0 unspecified atom stereocenters. The van der Waals surface area contributed by atoms with Crippen molar-refractivity contribution < 1.29 is 38.4 Å². The number of hydrogen-bond acceptors (Lipinski definition) is 11. The number of nitrogens with one attached hydrogen (secondary N) is 5. The third kappa shape index (κ3) is 8.08. The highest BCUT2D eigenvalue weighted by Crippen LogP contribution is 2.23. The van der Waals surface area contributed by atoms with E-state index < -0.39 is 78.1 Å². The minimum atomic E-state index is -5.01. The predicted octanol–water partition coefficient (Wildman–Crippen LogP) is -1.63.